The van der Waals surface area contributed by atoms with Crippen molar-refractivity contribution in [2.75, 3.05) is 5.75 Å². The number of thiazole rings is 4. The monoisotopic (exact) mass is 1650 g/mol. The number of allylic oxidation sites excluding steroid dienone is 1. The van der Waals surface area contributed by atoms with Crippen LogP contribution in [0.3, 0.4) is 0 Å². The standard InChI is InChI=1S/C71H83N19O18S5/c1-14-37-64-83-44(22-109-64)61(103)89-52(70(13,107)34(12)93)67-85-43(23-112-67)59(101)88-48-33(11)108-68(106)40-19-36(31(9)91)35-15-16-38(50(94)49(35)79-40)78-46(25(2)3)62(104)77-29(7)56(98)74-27(5)55(97)75-30(8)57(99)90-71(69-86-45(24-113-69)60(102)87-47(32(10)92)63(105)81-37)18-17-39(80-51(71)41-20-111-66(48)82-41)65-84-42(21-110-65)58(100)76-28(6)54(96)73-26(4)53(72)95/h14-16,19-21,23-25,30-35,38,44,46-52,78,91-94,107H,4-7,17-18,22H2,1-3,8-13H3,(H2,72,95)(H,73,96)(H,74,98)(H,75,97)(H,76,100)(H,77,104)(H,81,105)(H,87,102)(H,88,101)(H,89,103)(H,90,99). The fourth-order valence-electron chi connectivity index (χ4n) is 12.4. The van der Waals surface area contributed by atoms with Gasteiger partial charge in [-0.3, -0.25) is 73.0 Å². The van der Waals surface area contributed by atoms with Crippen LogP contribution >= 0.6 is 57.1 Å². The van der Waals surface area contributed by atoms with Crippen molar-refractivity contribution in [2.24, 2.45) is 32.5 Å². The summed E-state index contributed by atoms with van der Waals surface area (Å²) in [6.45, 7) is 27.0. The molecule has 0 aromatic carbocycles. The third-order valence-corrected chi connectivity index (χ3v) is 24.0. The van der Waals surface area contributed by atoms with Crippen molar-refractivity contribution >= 4 is 145 Å². The minimum Gasteiger partial charge on any atom is -0.455 e. The van der Waals surface area contributed by atoms with Gasteiger partial charge in [0.25, 0.3) is 41.4 Å². The van der Waals surface area contributed by atoms with Crippen LogP contribution in [0, 0.1) is 11.8 Å². The van der Waals surface area contributed by atoms with E-state index in [-0.39, 0.29) is 77.7 Å². The number of rotatable bonds is 11. The van der Waals surface area contributed by atoms with Gasteiger partial charge >= 0.3 is 5.97 Å². The maximum absolute atomic E-state index is 15.4. The van der Waals surface area contributed by atoms with Crippen molar-refractivity contribution in [3.05, 3.63) is 149 Å². The highest BCUT2D eigenvalue weighted by atomic mass is 32.2. The molecule has 1 aliphatic carbocycles. The number of fused-ring (bicyclic) bond motifs is 6. The number of esters is 1. The number of carbonyl (C=O) groups excluding carboxylic acids is 12. The van der Waals surface area contributed by atoms with Crippen LogP contribution in [0.1, 0.15) is 150 Å². The maximum Gasteiger partial charge on any atom is 0.356 e. The molecule has 17 atom stereocenters. The molecule has 600 valence electrons. The highest BCUT2D eigenvalue weighted by Gasteiger charge is 2.52. The number of hydrogen-bond donors (Lipinski definition) is 17. The van der Waals surface area contributed by atoms with Crippen molar-refractivity contribution in [2.45, 2.75) is 171 Å². The lowest BCUT2D eigenvalue weighted by molar-refractivity contribution is -0.141. The molecule has 9 heterocycles. The van der Waals surface area contributed by atoms with Crippen LogP contribution in [0.4, 0.5) is 0 Å². The first-order valence-corrected chi connectivity index (χ1v) is 39.5. The molecular weight excluding hydrogens is 1570 g/mol. The highest BCUT2D eigenvalue weighted by Crippen LogP contribution is 2.48. The zero-order valence-corrected chi connectivity index (χ0v) is 66.2. The molecule has 0 fully saturated rings. The molecule has 10 rings (SSSR count). The van der Waals surface area contributed by atoms with Gasteiger partial charge in [-0.05, 0) is 78.9 Å². The summed E-state index contributed by atoms with van der Waals surface area (Å²) < 4.78 is 6.26. The third-order valence-electron chi connectivity index (χ3n) is 19.1. The fraction of sp³-hybridized carbons (Fsp3) is 0.423. The van der Waals surface area contributed by atoms with Gasteiger partial charge in [-0.1, -0.05) is 58.4 Å². The van der Waals surface area contributed by atoms with E-state index in [9.17, 15) is 68.7 Å². The molecule has 11 amide bonds. The summed E-state index contributed by atoms with van der Waals surface area (Å²) in [6, 6.07) is -12.7. The van der Waals surface area contributed by atoms with Gasteiger partial charge in [-0.15, -0.1) is 57.1 Å². The average Bonchev–Trinajstić information content (AvgIpc) is 1.66. The molecule has 4 aromatic rings. The normalized spacial score (nSPS) is 28.2. The van der Waals surface area contributed by atoms with Crippen LogP contribution in [0.5, 0.6) is 0 Å². The largest absolute Gasteiger partial charge is 0.455 e. The number of carbonyl (C=O) groups is 12. The van der Waals surface area contributed by atoms with Gasteiger partial charge in [0, 0.05) is 33.2 Å². The summed E-state index contributed by atoms with van der Waals surface area (Å²) in [4.78, 5) is 203. The van der Waals surface area contributed by atoms with E-state index in [2.05, 4.69) is 99.8 Å². The molecule has 4 aromatic heterocycles. The first-order chi connectivity index (χ1) is 53.2. The number of aliphatic imine (C=N–C) groups is 3. The number of hydrogen-bond acceptors (Lipinski definition) is 31. The van der Waals surface area contributed by atoms with E-state index >= 15 is 14.4 Å². The number of ether oxygens (including phenoxy) is 1. The lowest BCUT2D eigenvalue weighted by Crippen LogP contribution is -2.58. The summed E-state index contributed by atoms with van der Waals surface area (Å²) in [5.41, 5.74) is -2.38. The zero-order valence-electron chi connectivity index (χ0n) is 62.1. The second-order valence-corrected chi connectivity index (χ2v) is 32.2. The number of nitrogens with zero attached hydrogens (tertiary/aromatic N) is 7. The Morgan fingerprint density at radius 2 is 1.42 bits per heavy atom. The summed E-state index contributed by atoms with van der Waals surface area (Å²) in [5, 5.41) is 91.7. The molecule has 0 radical (unpaired) electrons. The van der Waals surface area contributed by atoms with E-state index < -0.39 is 213 Å². The Morgan fingerprint density at radius 1 is 0.743 bits per heavy atom. The van der Waals surface area contributed by atoms with Gasteiger partial charge in [0.05, 0.1) is 82.4 Å². The van der Waals surface area contributed by atoms with Crippen LogP contribution in [-0.2, 0) is 53.4 Å². The van der Waals surface area contributed by atoms with E-state index in [0.717, 1.165) is 57.1 Å². The quantitative estimate of drug-likeness (QED) is 0.0505. The second kappa shape index (κ2) is 34.8. The predicted octanol–water partition coefficient (Wildman–Crippen LogP) is -0.636. The molecule has 5 aliphatic heterocycles. The number of nitrogens with two attached hydrogens (primary N) is 1. The number of cyclic esters (lactones) is 1. The number of dihydropyridines is 1. The molecule has 0 saturated heterocycles. The summed E-state index contributed by atoms with van der Waals surface area (Å²) >= 11 is 4.41. The predicted molar refractivity (Wildman–Crippen MR) is 415 cm³/mol. The van der Waals surface area contributed by atoms with E-state index in [1.54, 1.807) is 32.9 Å². The number of aliphatic hydroxyl groups excluding tert-OH is 4. The van der Waals surface area contributed by atoms with Gasteiger partial charge in [-0.2, -0.15) is 0 Å². The number of aliphatic hydroxyl groups is 5. The number of primary amides is 1. The number of thioether (sulfide) groups is 1. The van der Waals surface area contributed by atoms with Crippen LogP contribution in [-0.4, -0.2) is 211 Å². The molecular formula is C71H83N19O18S5. The SMILES string of the molecule is C=C(NC(=O)C(=C)NC(=O)c1csc(C2=NC3c4csc(n4)C4NC(=O)c5csc(n5)C(C(C)(O)C(C)O)NC(=O)C5CSC(=N5)C(=CC)NC(=O)C(C(C)O)NC(=O)c5csc(n5)C3(CC2)NC(=O)C(C)NC(=O)C(=C)NC(=O)C(=C)NC(=O)C(C(C)C)NC2C=CC3C(C(C)O)=CC(=NC3C2O)C(=O)OC4C)n1)C(N)=O. The second-order valence-electron chi connectivity index (χ2n) is 27.7. The van der Waals surface area contributed by atoms with Gasteiger partial charge < -0.3 is 89.2 Å². The van der Waals surface area contributed by atoms with Gasteiger partial charge in [0.2, 0.25) is 23.6 Å². The lowest BCUT2D eigenvalue weighted by atomic mass is 9.77. The summed E-state index contributed by atoms with van der Waals surface area (Å²) in [7, 11) is 0. The zero-order chi connectivity index (χ0) is 82.7. The van der Waals surface area contributed by atoms with Crippen LogP contribution in [0.25, 0.3) is 0 Å². The Balaban J connectivity index is 1.17. The Bertz CT molecular complexity index is 4810. The summed E-state index contributed by atoms with van der Waals surface area (Å²) in [5.74, 6) is -13.4. The lowest BCUT2D eigenvalue weighted by Gasteiger charge is -2.41. The smallest absolute Gasteiger partial charge is 0.356 e. The topological polar surface area (TPSA) is 562 Å². The molecule has 42 heteroatoms. The van der Waals surface area contributed by atoms with Gasteiger partial charge in [-0.25, -0.2) is 24.7 Å². The Hall–Kier alpha value is -10.5. The minimum absolute atomic E-state index is 0.0163. The van der Waals surface area contributed by atoms with E-state index in [1.807, 2.05) is 0 Å². The third kappa shape index (κ3) is 18.6. The number of nitrogens with one attached hydrogen (secondary N) is 11. The maximum atomic E-state index is 15.4. The van der Waals surface area contributed by atoms with Crippen molar-refractivity contribution in [1.82, 2.24) is 78.4 Å². The minimum atomic E-state index is -2.21. The van der Waals surface area contributed by atoms with E-state index in [0.29, 0.717) is 0 Å². The Morgan fingerprint density at radius 3 is 2.09 bits per heavy atom. The van der Waals surface area contributed by atoms with Crippen molar-refractivity contribution in [3.8, 4) is 0 Å². The summed E-state index contributed by atoms with van der Waals surface area (Å²) in [6.07, 6.45) is -2.04. The average molecular weight is 1650 g/mol. The van der Waals surface area contributed by atoms with Crippen molar-refractivity contribution in [1.29, 1.82) is 0 Å². The molecule has 6 aliphatic rings. The number of aromatic nitrogens is 4. The molecule has 18 N–H and O–H groups in total. The molecule has 0 spiro atoms. The highest BCUT2D eigenvalue weighted by molar-refractivity contribution is 8.14. The first-order valence-electron chi connectivity index (χ1n) is 35.0. The molecule has 13 bridgehead atoms. The van der Waals surface area contributed by atoms with Crippen LogP contribution < -0.4 is 64.2 Å². The Kier molecular flexibility index (Phi) is 26.2. The fourth-order valence-corrected chi connectivity index (χ4v) is 17.3. The van der Waals surface area contributed by atoms with Gasteiger partial charge in [0.1, 0.15) is 101 Å². The molecule has 17 unspecified atom stereocenters. The number of amides is 11. The van der Waals surface area contributed by atoms with Crippen LogP contribution in [0.15, 0.2) is 121 Å². The molecule has 113 heavy (non-hydrogen) atoms. The van der Waals surface area contributed by atoms with Gasteiger partial charge in [0.15, 0.2) is 0 Å². The molecule has 0 saturated carbocycles. The Labute approximate surface area is 665 Å². The van der Waals surface area contributed by atoms with E-state index in [4.69, 9.17) is 30.4 Å². The van der Waals surface area contributed by atoms with Crippen molar-refractivity contribution in [3.63, 3.8) is 0 Å². The van der Waals surface area contributed by atoms with E-state index in [1.165, 1.54) is 75.2 Å². The van der Waals surface area contributed by atoms with Crippen LogP contribution in [0.2, 0.25) is 0 Å². The van der Waals surface area contributed by atoms with Crippen molar-refractivity contribution < 1.29 is 87.8 Å². The first kappa shape index (κ1) is 84.9. The molecule has 37 nitrogen and oxygen atoms in total.